The van der Waals surface area contributed by atoms with Gasteiger partial charge in [0.15, 0.2) is 11.5 Å². The molecule has 0 radical (unpaired) electrons. The normalized spacial score (nSPS) is 12.9. The number of esters is 1. The van der Waals surface area contributed by atoms with Crippen LogP contribution in [0, 0.1) is 0 Å². The van der Waals surface area contributed by atoms with Gasteiger partial charge in [-0.25, -0.2) is 4.79 Å². The standard InChI is InChI=1S/C19H17NO5/c1-2-11-24-15-9-5-6-10-16(15)25-17(21)12-20-18(22)13-7-3-4-8-14(13)19(20)23/h3-10H,2,11-12H2,1H3. The van der Waals surface area contributed by atoms with Crippen molar-refractivity contribution in [2.75, 3.05) is 13.2 Å². The molecule has 0 atom stereocenters. The maximum absolute atomic E-state index is 12.3. The van der Waals surface area contributed by atoms with Crippen molar-refractivity contribution in [2.24, 2.45) is 0 Å². The van der Waals surface area contributed by atoms with Gasteiger partial charge in [-0.15, -0.1) is 0 Å². The molecule has 2 aromatic carbocycles. The molecule has 0 saturated heterocycles. The maximum Gasteiger partial charge on any atom is 0.331 e. The van der Waals surface area contributed by atoms with Crippen molar-refractivity contribution in [1.29, 1.82) is 0 Å². The van der Waals surface area contributed by atoms with E-state index in [-0.39, 0.29) is 5.75 Å². The fourth-order valence-corrected chi connectivity index (χ4v) is 2.53. The molecule has 2 aromatic rings. The predicted molar refractivity (Wildman–Crippen MR) is 89.7 cm³/mol. The highest BCUT2D eigenvalue weighted by Crippen LogP contribution is 2.27. The van der Waals surface area contributed by atoms with Gasteiger partial charge < -0.3 is 9.47 Å². The first-order chi connectivity index (χ1) is 12.1. The first-order valence-electron chi connectivity index (χ1n) is 7.99. The van der Waals surface area contributed by atoms with Crippen molar-refractivity contribution in [1.82, 2.24) is 4.90 Å². The van der Waals surface area contributed by atoms with Crippen LogP contribution in [0.25, 0.3) is 0 Å². The van der Waals surface area contributed by atoms with Crippen LogP contribution in [0.2, 0.25) is 0 Å². The van der Waals surface area contributed by atoms with Crippen molar-refractivity contribution < 1.29 is 23.9 Å². The quantitative estimate of drug-likeness (QED) is 0.460. The van der Waals surface area contributed by atoms with Gasteiger partial charge >= 0.3 is 5.97 Å². The Hall–Kier alpha value is -3.15. The average Bonchev–Trinajstić information content (AvgIpc) is 2.86. The summed E-state index contributed by atoms with van der Waals surface area (Å²) in [6, 6.07) is 13.3. The van der Waals surface area contributed by atoms with Crippen molar-refractivity contribution in [2.45, 2.75) is 13.3 Å². The number of amides is 2. The van der Waals surface area contributed by atoms with E-state index < -0.39 is 24.3 Å². The first kappa shape index (κ1) is 16.7. The van der Waals surface area contributed by atoms with Crippen LogP contribution in [-0.2, 0) is 4.79 Å². The lowest BCUT2D eigenvalue weighted by Gasteiger charge is -2.14. The van der Waals surface area contributed by atoms with Crippen molar-refractivity contribution in [3.8, 4) is 11.5 Å². The number of imide groups is 1. The van der Waals surface area contributed by atoms with Crippen LogP contribution in [0.5, 0.6) is 11.5 Å². The number of ether oxygens (including phenoxy) is 2. The van der Waals surface area contributed by atoms with E-state index in [0.29, 0.717) is 23.5 Å². The van der Waals surface area contributed by atoms with Crippen LogP contribution in [0.1, 0.15) is 34.1 Å². The van der Waals surface area contributed by atoms with Gasteiger partial charge in [-0.05, 0) is 30.7 Å². The predicted octanol–water partition coefficient (Wildman–Crippen LogP) is 2.68. The second-order valence-corrected chi connectivity index (χ2v) is 5.51. The van der Waals surface area contributed by atoms with E-state index in [1.165, 1.54) is 0 Å². The molecule has 0 spiro atoms. The minimum Gasteiger partial charge on any atom is -0.490 e. The van der Waals surface area contributed by atoms with E-state index >= 15 is 0 Å². The van der Waals surface area contributed by atoms with Gasteiger partial charge in [-0.2, -0.15) is 0 Å². The molecule has 0 unspecified atom stereocenters. The number of rotatable bonds is 6. The molecular formula is C19H17NO5. The third kappa shape index (κ3) is 3.38. The maximum atomic E-state index is 12.3. The summed E-state index contributed by atoms with van der Waals surface area (Å²) in [5.74, 6) is -0.985. The number of nitrogens with zero attached hydrogens (tertiary/aromatic N) is 1. The lowest BCUT2D eigenvalue weighted by atomic mass is 10.1. The molecule has 6 heteroatoms. The van der Waals surface area contributed by atoms with Gasteiger partial charge in [-0.1, -0.05) is 31.2 Å². The Balaban J connectivity index is 1.70. The topological polar surface area (TPSA) is 72.9 Å². The van der Waals surface area contributed by atoms with Crippen LogP contribution < -0.4 is 9.47 Å². The molecular weight excluding hydrogens is 322 g/mol. The van der Waals surface area contributed by atoms with E-state index in [9.17, 15) is 14.4 Å². The van der Waals surface area contributed by atoms with Crippen LogP contribution in [0.15, 0.2) is 48.5 Å². The molecule has 0 aliphatic carbocycles. The third-order valence-electron chi connectivity index (χ3n) is 3.70. The molecule has 0 saturated carbocycles. The Morgan fingerprint density at radius 3 is 2.08 bits per heavy atom. The summed E-state index contributed by atoms with van der Waals surface area (Å²) in [6.07, 6.45) is 0.817. The molecule has 0 aromatic heterocycles. The average molecular weight is 339 g/mol. The van der Waals surface area contributed by atoms with Crippen LogP contribution in [-0.4, -0.2) is 35.8 Å². The van der Waals surface area contributed by atoms with E-state index in [1.807, 2.05) is 6.92 Å². The smallest absolute Gasteiger partial charge is 0.331 e. The monoisotopic (exact) mass is 339 g/mol. The molecule has 1 heterocycles. The van der Waals surface area contributed by atoms with Gasteiger partial charge in [0.25, 0.3) is 11.8 Å². The fourth-order valence-electron chi connectivity index (χ4n) is 2.53. The summed E-state index contributed by atoms with van der Waals surface area (Å²) in [7, 11) is 0. The Kier molecular flexibility index (Phi) is 4.79. The second kappa shape index (κ2) is 7.17. The minimum absolute atomic E-state index is 0.262. The largest absolute Gasteiger partial charge is 0.490 e. The van der Waals surface area contributed by atoms with E-state index in [2.05, 4.69) is 0 Å². The van der Waals surface area contributed by atoms with E-state index in [4.69, 9.17) is 9.47 Å². The van der Waals surface area contributed by atoms with Crippen molar-refractivity contribution in [3.05, 3.63) is 59.7 Å². The summed E-state index contributed by atoms with van der Waals surface area (Å²) in [6.45, 7) is 2.01. The molecule has 2 amide bonds. The Labute approximate surface area is 145 Å². The van der Waals surface area contributed by atoms with Crippen LogP contribution in [0.4, 0.5) is 0 Å². The molecule has 1 aliphatic heterocycles. The molecule has 0 fully saturated rings. The zero-order chi connectivity index (χ0) is 17.8. The summed E-state index contributed by atoms with van der Waals surface area (Å²) >= 11 is 0. The highest BCUT2D eigenvalue weighted by molar-refractivity contribution is 6.22. The Morgan fingerprint density at radius 2 is 1.48 bits per heavy atom. The molecule has 1 aliphatic rings. The molecule has 25 heavy (non-hydrogen) atoms. The van der Waals surface area contributed by atoms with Gasteiger partial charge in [-0.3, -0.25) is 14.5 Å². The second-order valence-electron chi connectivity index (χ2n) is 5.51. The molecule has 0 N–H and O–H groups in total. The number of para-hydroxylation sites is 2. The minimum atomic E-state index is -0.706. The molecule has 0 bridgehead atoms. The number of carbonyl (C=O) groups is 3. The van der Waals surface area contributed by atoms with Gasteiger partial charge in [0, 0.05) is 0 Å². The molecule has 3 rings (SSSR count). The SMILES string of the molecule is CCCOc1ccccc1OC(=O)CN1C(=O)c2ccccc2C1=O. The number of hydrogen-bond donors (Lipinski definition) is 0. The Bertz CT molecular complexity index is 795. The summed E-state index contributed by atoms with van der Waals surface area (Å²) < 4.78 is 10.8. The van der Waals surface area contributed by atoms with E-state index in [1.54, 1.807) is 48.5 Å². The number of fused-ring (bicyclic) bond motifs is 1. The Morgan fingerprint density at radius 1 is 0.920 bits per heavy atom. The number of hydrogen-bond acceptors (Lipinski definition) is 5. The van der Waals surface area contributed by atoms with Gasteiger partial charge in [0.05, 0.1) is 17.7 Å². The summed E-state index contributed by atoms with van der Waals surface area (Å²) in [4.78, 5) is 37.7. The number of carbonyl (C=O) groups excluding carboxylic acids is 3. The third-order valence-corrected chi connectivity index (χ3v) is 3.70. The van der Waals surface area contributed by atoms with Crippen molar-refractivity contribution in [3.63, 3.8) is 0 Å². The summed E-state index contributed by atoms with van der Waals surface area (Å²) in [5.41, 5.74) is 0.596. The van der Waals surface area contributed by atoms with Gasteiger partial charge in [0.2, 0.25) is 0 Å². The van der Waals surface area contributed by atoms with E-state index in [0.717, 1.165) is 11.3 Å². The highest BCUT2D eigenvalue weighted by atomic mass is 16.6. The lowest BCUT2D eigenvalue weighted by molar-refractivity contribution is -0.134. The highest BCUT2D eigenvalue weighted by Gasteiger charge is 2.36. The zero-order valence-corrected chi connectivity index (χ0v) is 13.7. The zero-order valence-electron chi connectivity index (χ0n) is 13.7. The fraction of sp³-hybridized carbons (Fsp3) is 0.211. The van der Waals surface area contributed by atoms with Crippen LogP contribution >= 0.6 is 0 Å². The lowest BCUT2D eigenvalue weighted by Crippen LogP contribution is -2.36. The van der Waals surface area contributed by atoms with Crippen LogP contribution in [0.3, 0.4) is 0 Å². The molecule has 6 nitrogen and oxygen atoms in total. The number of benzene rings is 2. The van der Waals surface area contributed by atoms with Crippen molar-refractivity contribution >= 4 is 17.8 Å². The van der Waals surface area contributed by atoms with Gasteiger partial charge in [0.1, 0.15) is 6.54 Å². The summed E-state index contributed by atoms with van der Waals surface area (Å²) in [5, 5.41) is 0. The molecule has 128 valence electrons. The first-order valence-corrected chi connectivity index (χ1v) is 7.99.